The van der Waals surface area contributed by atoms with E-state index in [-0.39, 0.29) is 24.4 Å². The molecule has 0 saturated carbocycles. The summed E-state index contributed by atoms with van der Waals surface area (Å²) in [5, 5.41) is 16.7. The molecule has 0 radical (unpaired) electrons. The van der Waals surface area contributed by atoms with Crippen LogP contribution in [0.15, 0.2) is 24.5 Å². The van der Waals surface area contributed by atoms with Crippen molar-refractivity contribution in [2.75, 3.05) is 18.4 Å². The smallest absolute Gasteiger partial charge is 0.323 e. The third-order valence-corrected chi connectivity index (χ3v) is 4.59. The number of nitrogens with zero attached hydrogens (tertiary/aromatic N) is 5. The Hall–Kier alpha value is -2.97. The number of piperidine rings is 1. The van der Waals surface area contributed by atoms with Crippen molar-refractivity contribution in [3.05, 3.63) is 30.2 Å². The Morgan fingerprint density at radius 3 is 2.59 bits per heavy atom. The fourth-order valence-corrected chi connectivity index (χ4v) is 3.21. The largest absolute Gasteiger partial charge is 0.481 e. The lowest BCUT2D eigenvalue weighted by Crippen LogP contribution is -2.47. The van der Waals surface area contributed by atoms with Gasteiger partial charge in [0.2, 0.25) is 0 Å². The van der Waals surface area contributed by atoms with E-state index in [4.69, 9.17) is 0 Å². The first kappa shape index (κ1) is 18.8. The van der Waals surface area contributed by atoms with Gasteiger partial charge in [0, 0.05) is 31.5 Å². The maximum absolute atomic E-state index is 12.8. The summed E-state index contributed by atoms with van der Waals surface area (Å²) in [5.41, 5.74) is 0.799. The van der Waals surface area contributed by atoms with Gasteiger partial charge >= 0.3 is 12.0 Å². The summed E-state index contributed by atoms with van der Waals surface area (Å²) in [6, 6.07) is 3.15. The zero-order chi connectivity index (χ0) is 19.6. The van der Waals surface area contributed by atoms with Crippen molar-refractivity contribution in [2.45, 2.75) is 33.1 Å². The van der Waals surface area contributed by atoms with Gasteiger partial charge in [-0.1, -0.05) is 20.8 Å². The molecule has 2 amide bonds. The van der Waals surface area contributed by atoms with Gasteiger partial charge < -0.3 is 10.0 Å². The highest BCUT2D eigenvalue weighted by molar-refractivity contribution is 5.89. The molecule has 1 saturated heterocycles. The van der Waals surface area contributed by atoms with E-state index in [1.165, 1.54) is 4.68 Å². The molecule has 27 heavy (non-hydrogen) atoms. The van der Waals surface area contributed by atoms with Crippen LogP contribution >= 0.6 is 0 Å². The summed E-state index contributed by atoms with van der Waals surface area (Å²) in [7, 11) is 0. The van der Waals surface area contributed by atoms with Crippen molar-refractivity contribution in [1.82, 2.24) is 24.6 Å². The van der Waals surface area contributed by atoms with Crippen molar-refractivity contribution >= 4 is 17.8 Å². The quantitative estimate of drug-likeness (QED) is 0.852. The molecule has 0 bridgehead atoms. The normalized spacial score (nSPS) is 19.9. The van der Waals surface area contributed by atoms with Gasteiger partial charge in [0.25, 0.3) is 5.95 Å². The number of hydrogen-bond donors (Lipinski definition) is 2. The number of nitrogens with one attached hydrogen (secondary N) is 1. The highest BCUT2D eigenvalue weighted by atomic mass is 16.4. The lowest BCUT2D eigenvalue weighted by molar-refractivity contribution is -0.143. The molecule has 2 atom stereocenters. The predicted molar refractivity (Wildman–Crippen MR) is 98.7 cm³/mol. The molecular formula is C18H24N6O3. The summed E-state index contributed by atoms with van der Waals surface area (Å²) in [4.78, 5) is 34.1. The van der Waals surface area contributed by atoms with E-state index in [1.807, 2.05) is 20.8 Å². The van der Waals surface area contributed by atoms with Gasteiger partial charge in [0.05, 0.1) is 11.6 Å². The van der Waals surface area contributed by atoms with Gasteiger partial charge in [-0.2, -0.15) is 9.78 Å². The second-order valence-corrected chi connectivity index (χ2v) is 7.28. The molecule has 1 aliphatic rings. The van der Waals surface area contributed by atoms with E-state index in [1.54, 1.807) is 29.4 Å². The van der Waals surface area contributed by atoms with Crippen LogP contribution in [0.2, 0.25) is 0 Å². The molecule has 144 valence electrons. The molecule has 2 N–H and O–H groups in total. The summed E-state index contributed by atoms with van der Waals surface area (Å²) in [5.74, 6) is -0.316. The first-order valence-electron chi connectivity index (χ1n) is 9.01. The number of amides is 2. The molecule has 9 nitrogen and oxygen atoms in total. The van der Waals surface area contributed by atoms with Crippen LogP contribution < -0.4 is 5.32 Å². The summed E-state index contributed by atoms with van der Waals surface area (Å²) in [6.45, 7) is 6.68. The number of likely N-dealkylation sites (tertiary alicyclic amines) is 1. The van der Waals surface area contributed by atoms with Crippen molar-refractivity contribution < 1.29 is 14.7 Å². The first-order chi connectivity index (χ1) is 12.8. The Morgan fingerprint density at radius 1 is 1.26 bits per heavy atom. The van der Waals surface area contributed by atoms with Crippen LogP contribution in [0.25, 0.3) is 5.95 Å². The molecular weight excluding hydrogens is 348 g/mol. The lowest BCUT2D eigenvalue weighted by Gasteiger charge is -2.34. The zero-order valence-electron chi connectivity index (χ0n) is 15.7. The number of aromatic nitrogens is 4. The second-order valence-electron chi connectivity index (χ2n) is 7.28. The Kier molecular flexibility index (Phi) is 5.38. The number of carbonyl (C=O) groups is 2. The summed E-state index contributed by atoms with van der Waals surface area (Å²) < 4.78 is 1.50. The molecule has 3 heterocycles. The molecule has 0 spiro atoms. The third-order valence-electron chi connectivity index (χ3n) is 4.59. The van der Waals surface area contributed by atoms with Crippen LogP contribution in [0.4, 0.5) is 10.6 Å². The van der Waals surface area contributed by atoms with Crippen LogP contribution in [-0.4, -0.2) is 54.8 Å². The minimum atomic E-state index is -0.871. The average molecular weight is 372 g/mol. The summed E-state index contributed by atoms with van der Waals surface area (Å²) >= 11 is 0. The van der Waals surface area contributed by atoms with Crippen molar-refractivity contribution in [3.8, 4) is 5.95 Å². The maximum Gasteiger partial charge on any atom is 0.323 e. The van der Waals surface area contributed by atoms with E-state index >= 15 is 0 Å². The number of urea groups is 1. The molecule has 1 aliphatic heterocycles. The molecule has 0 aliphatic carbocycles. The summed E-state index contributed by atoms with van der Waals surface area (Å²) in [6.07, 6.45) is 3.79. The fraction of sp³-hybridized carbons (Fsp3) is 0.500. The monoisotopic (exact) mass is 372 g/mol. The van der Waals surface area contributed by atoms with Crippen LogP contribution in [0.1, 0.15) is 38.8 Å². The minimum Gasteiger partial charge on any atom is -0.481 e. The Bertz CT molecular complexity index is 820. The Balaban J connectivity index is 1.84. The number of aliphatic carboxylic acids is 1. The maximum atomic E-state index is 12.8. The number of hydrogen-bond acceptors (Lipinski definition) is 5. The highest BCUT2D eigenvalue weighted by Crippen LogP contribution is 2.24. The number of carboxylic acid groups (broad SMARTS) is 1. The van der Waals surface area contributed by atoms with Gasteiger partial charge in [0.1, 0.15) is 5.82 Å². The number of rotatable bonds is 4. The van der Waals surface area contributed by atoms with Gasteiger partial charge in [-0.25, -0.2) is 14.8 Å². The number of carbonyl (C=O) groups excluding carboxylic acids is 1. The zero-order valence-corrected chi connectivity index (χ0v) is 15.7. The SMILES string of the molecule is CC1CC(C(=O)O)CN(C(=O)Nc2cc(C(C)C)nn2-c2ncccn2)C1. The highest BCUT2D eigenvalue weighted by Gasteiger charge is 2.32. The molecule has 9 heteroatoms. The Labute approximate surface area is 157 Å². The van der Waals surface area contributed by atoms with Crippen LogP contribution in [0, 0.1) is 11.8 Å². The first-order valence-corrected chi connectivity index (χ1v) is 9.01. The van der Waals surface area contributed by atoms with Gasteiger partial charge in [0.15, 0.2) is 0 Å². The van der Waals surface area contributed by atoms with E-state index in [9.17, 15) is 14.7 Å². The molecule has 2 aromatic heterocycles. The predicted octanol–water partition coefficient (Wildman–Crippen LogP) is 2.36. The molecule has 3 rings (SSSR count). The molecule has 2 unspecified atom stereocenters. The van der Waals surface area contributed by atoms with Crippen LogP contribution in [-0.2, 0) is 4.79 Å². The average Bonchev–Trinajstić information content (AvgIpc) is 3.06. The van der Waals surface area contributed by atoms with Gasteiger partial charge in [-0.05, 0) is 24.3 Å². The number of anilines is 1. The van der Waals surface area contributed by atoms with Crippen LogP contribution in [0.3, 0.4) is 0 Å². The molecule has 1 fully saturated rings. The Morgan fingerprint density at radius 2 is 1.96 bits per heavy atom. The molecule has 2 aromatic rings. The van der Waals surface area contributed by atoms with Crippen LogP contribution in [0.5, 0.6) is 0 Å². The topological polar surface area (TPSA) is 113 Å². The standard InChI is InChI=1S/C18H24N6O3/c1-11(2)14-8-15(24(22-14)17-19-5-4-6-20-17)21-18(27)23-9-12(3)7-13(10-23)16(25)26/h4-6,8,11-13H,7,9-10H2,1-3H3,(H,21,27)(H,25,26). The van der Waals surface area contributed by atoms with Gasteiger partial charge in [-0.3, -0.25) is 10.1 Å². The van der Waals surface area contributed by atoms with Crippen molar-refractivity contribution in [2.24, 2.45) is 11.8 Å². The minimum absolute atomic E-state index is 0.124. The lowest BCUT2D eigenvalue weighted by atomic mass is 9.91. The van der Waals surface area contributed by atoms with Crippen molar-refractivity contribution in [1.29, 1.82) is 0 Å². The van der Waals surface area contributed by atoms with E-state index < -0.39 is 11.9 Å². The second kappa shape index (κ2) is 7.73. The fourth-order valence-electron chi connectivity index (χ4n) is 3.21. The van der Waals surface area contributed by atoms with E-state index in [0.29, 0.717) is 24.7 Å². The van der Waals surface area contributed by atoms with E-state index in [2.05, 4.69) is 20.4 Å². The third kappa shape index (κ3) is 4.24. The van der Waals surface area contributed by atoms with Gasteiger partial charge in [-0.15, -0.1) is 0 Å². The number of carboxylic acids is 1. The van der Waals surface area contributed by atoms with Crippen molar-refractivity contribution in [3.63, 3.8) is 0 Å². The van der Waals surface area contributed by atoms with E-state index in [0.717, 1.165) is 5.69 Å². The molecule has 0 aromatic carbocycles.